The fourth-order valence-electron chi connectivity index (χ4n) is 2.26. The first-order valence-electron chi connectivity index (χ1n) is 6.24. The Morgan fingerprint density at radius 2 is 2.11 bits per heavy atom. The molecule has 1 aliphatic rings. The number of aryl methyl sites for hydroxylation is 1. The molecule has 3 rings (SSSR count). The van der Waals surface area contributed by atoms with E-state index in [-0.39, 0.29) is 5.56 Å². The van der Waals surface area contributed by atoms with Gasteiger partial charge >= 0.3 is 0 Å². The van der Waals surface area contributed by atoms with Crippen molar-refractivity contribution in [3.05, 3.63) is 53.1 Å². The Balaban J connectivity index is 2.06. The minimum Gasteiger partial charge on any atom is -0.382 e. The molecule has 0 amide bonds. The smallest absolute Gasteiger partial charge is 0.135 e. The number of benzene rings is 1. The molecule has 0 saturated heterocycles. The molecule has 1 aromatic heterocycles. The number of rotatable bonds is 3. The van der Waals surface area contributed by atoms with Crippen LogP contribution in [-0.4, -0.2) is 14.7 Å². The maximum absolute atomic E-state index is 14.0. The Labute approximate surface area is 109 Å². The van der Waals surface area contributed by atoms with Crippen molar-refractivity contribution < 1.29 is 13.9 Å². The quantitative estimate of drug-likeness (QED) is 0.925. The SMILES string of the molecule is Cc1ccc(F)c(C(O)c2cncn2C2CC2)c1F. The lowest BCUT2D eigenvalue weighted by Crippen LogP contribution is -2.11. The number of nitrogens with zero attached hydrogens (tertiary/aromatic N) is 2. The minimum atomic E-state index is -1.33. The second-order valence-electron chi connectivity index (χ2n) is 4.95. The van der Waals surface area contributed by atoms with Crippen LogP contribution < -0.4 is 0 Å². The van der Waals surface area contributed by atoms with Gasteiger partial charge in [0.25, 0.3) is 0 Å². The monoisotopic (exact) mass is 264 g/mol. The fourth-order valence-corrected chi connectivity index (χ4v) is 2.26. The first-order valence-corrected chi connectivity index (χ1v) is 6.24. The maximum atomic E-state index is 14.0. The zero-order chi connectivity index (χ0) is 13.6. The van der Waals surface area contributed by atoms with Gasteiger partial charge in [-0.1, -0.05) is 6.07 Å². The molecule has 1 atom stereocenters. The van der Waals surface area contributed by atoms with Crippen LogP contribution in [0, 0.1) is 18.6 Å². The highest BCUT2D eigenvalue weighted by atomic mass is 19.1. The number of hydrogen-bond acceptors (Lipinski definition) is 2. The number of aliphatic hydroxyl groups excluding tert-OH is 1. The van der Waals surface area contributed by atoms with Crippen molar-refractivity contribution in [2.75, 3.05) is 0 Å². The van der Waals surface area contributed by atoms with Gasteiger partial charge in [0.15, 0.2) is 0 Å². The van der Waals surface area contributed by atoms with Gasteiger partial charge in [0, 0.05) is 6.04 Å². The summed E-state index contributed by atoms with van der Waals surface area (Å²) in [7, 11) is 0. The number of halogens is 2. The van der Waals surface area contributed by atoms with Crippen LogP contribution in [0.1, 0.15) is 41.8 Å². The Hall–Kier alpha value is -1.75. The third kappa shape index (κ3) is 2.04. The first kappa shape index (κ1) is 12.3. The van der Waals surface area contributed by atoms with Gasteiger partial charge in [-0.15, -0.1) is 0 Å². The number of aromatic nitrogens is 2. The third-order valence-electron chi connectivity index (χ3n) is 3.51. The summed E-state index contributed by atoms with van der Waals surface area (Å²) in [6, 6.07) is 2.83. The fraction of sp³-hybridized carbons (Fsp3) is 0.357. The van der Waals surface area contributed by atoms with Crippen LogP contribution in [0.5, 0.6) is 0 Å². The van der Waals surface area contributed by atoms with E-state index in [2.05, 4.69) is 4.98 Å². The molecule has 0 spiro atoms. The molecule has 1 aliphatic carbocycles. The van der Waals surface area contributed by atoms with Gasteiger partial charge in [-0.05, 0) is 31.4 Å². The highest BCUT2D eigenvalue weighted by Gasteiger charge is 2.30. The summed E-state index contributed by atoms with van der Waals surface area (Å²) in [5.74, 6) is -1.44. The lowest BCUT2D eigenvalue weighted by Gasteiger charge is -2.16. The second-order valence-corrected chi connectivity index (χ2v) is 4.95. The topological polar surface area (TPSA) is 38.1 Å². The van der Waals surface area contributed by atoms with Crippen molar-refractivity contribution in [2.45, 2.75) is 31.9 Å². The van der Waals surface area contributed by atoms with Gasteiger partial charge in [-0.2, -0.15) is 0 Å². The van der Waals surface area contributed by atoms with Crippen LogP contribution >= 0.6 is 0 Å². The molecule has 3 nitrogen and oxygen atoms in total. The summed E-state index contributed by atoms with van der Waals surface area (Å²) >= 11 is 0. The van der Waals surface area contributed by atoms with E-state index in [1.807, 2.05) is 0 Å². The maximum Gasteiger partial charge on any atom is 0.135 e. The van der Waals surface area contributed by atoms with Crippen LogP contribution in [0.4, 0.5) is 8.78 Å². The van der Waals surface area contributed by atoms with Crippen LogP contribution in [0.15, 0.2) is 24.7 Å². The molecule has 1 fully saturated rings. The molecule has 1 heterocycles. The van der Waals surface area contributed by atoms with Crippen LogP contribution in [-0.2, 0) is 0 Å². The molecule has 0 radical (unpaired) electrons. The van der Waals surface area contributed by atoms with Crippen molar-refractivity contribution in [1.29, 1.82) is 0 Å². The van der Waals surface area contributed by atoms with Crippen LogP contribution in [0.25, 0.3) is 0 Å². The van der Waals surface area contributed by atoms with Gasteiger partial charge in [-0.3, -0.25) is 0 Å². The molecule has 0 aliphatic heterocycles. The summed E-state index contributed by atoms with van der Waals surface area (Å²) in [5, 5.41) is 10.3. The molecule has 1 saturated carbocycles. The van der Waals surface area contributed by atoms with E-state index in [4.69, 9.17) is 0 Å². The minimum absolute atomic E-state index is 0.295. The van der Waals surface area contributed by atoms with Crippen LogP contribution in [0.3, 0.4) is 0 Å². The zero-order valence-corrected chi connectivity index (χ0v) is 10.5. The van der Waals surface area contributed by atoms with E-state index >= 15 is 0 Å². The molecule has 2 aromatic rings. The summed E-state index contributed by atoms with van der Waals surface area (Å²) in [5.41, 5.74) is 0.446. The van der Waals surface area contributed by atoms with Crippen molar-refractivity contribution >= 4 is 0 Å². The Morgan fingerprint density at radius 3 is 2.79 bits per heavy atom. The van der Waals surface area contributed by atoms with Gasteiger partial charge < -0.3 is 9.67 Å². The van der Waals surface area contributed by atoms with Crippen molar-refractivity contribution in [2.24, 2.45) is 0 Å². The highest BCUT2D eigenvalue weighted by Crippen LogP contribution is 2.38. The van der Waals surface area contributed by atoms with Crippen molar-refractivity contribution in [1.82, 2.24) is 9.55 Å². The average molecular weight is 264 g/mol. The molecular formula is C14H14F2N2O. The average Bonchev–Trinajstić information content (AvgIpc) is 3.12. The first-order chi connectivity index (χ1) is 9.09. The lowest BCUT2D eigenvalue weighted by atomic mass is 10.0. The summed E-state index contributed by atoms with van der Waals surface area (Å²) in [4.78, 5) is 3.97. The molecule has 1 N–H and O–H groups in total. The van der Waals surface area contributed by atoms with Crippen molar-refractivity contribution in [3.8, 4) is 0 Å². The van der Waals surface area contributed by atoms with Crippen LogP contribution in [0.2, 0.25) is 0 Å². The molecule has 5 heteroatoms. The van der Waals surface area contributed by atoms with Gasteiger partial charge in [0.1, 0.15) is 17.7 Å². The van der Waals surface area contributed by atoms with E-state index in [0.29, 0.717) is 17.3 Å². The molecule has 0 bridgehead atoms. The molecule has 19 heavy (non-hydrogen) atoms. The van der Waals surface area contributed by atoms with E-state index in [1.165, 1.54) is 18.3 Å². The van der Waals surface area contributed by atoms with Gasteiger partial charge in [0.05, 0.1) is 23.8 Å². The van der Waals surface area contributed by atoms with E-state index in [0.717, 1.165) is 12.8 Å². The lowest BCUT2D eigenvalue weighted by molar-refractivity contribution is 0.198. The predicted octanol–water partition coefficient (Wildman–Crippen LogP) is 2.89. The normalized spacial score (nSPS) is 16.6. The summed E-state index contributed by atoms with van der Waals surface area (Å²) in [6.45, 7) is 1.54. The number of imidazole rings is 1. The predicted molar refractivity (Wildman–Crippen MR) is 65.7 cm³/mol. The molecule has 1 unspecified atom stereocenters. The van der Waals surface area contributed by atoms with E-state index in [1.54, 1.807) is 17.8 Å². The molecule has 1 aromatic carbocycles. The summed E-state index contributed by atoms with van der Waals surface area (Å²) < 4.78 is 29.6. The summed E-state index contributed by atoms with van der Waals surface area (Å²) in [6.07, 6.45) is 3.75. The van der Waals surface area contributed by atoms with Gasteiger partial charge in [0.2, 0.25) is 0 Å². The number of hydrogen-bond donors (Lipinski definition) is 1. The van der Waals surface area contributed by atoms with E-state index in [9.17, 15) is 13.9 Å². The zero-order valence-electron chi connectivity index (χ0n) is 10.5. The van der Waals surface area contributed by atoms with E-state index < -0.39 is 17.7 Å². The third-order valence-corrected chi connectivity index (χ3v) is 3.51. The second kappa shape index (κ2) is 4.42. The Kier molecular flexibility index (Phi) is 2.86. The molecular weight excluding hydrogens is 250 g/mol. The number of aliphatic hydroxyl groups is 1. The van der Waals surface area contributed by atoms with Crippen molar-refractivity contribution in [3.63, 3.8) is 0 Å². The largest absolute Gasteiger partial charge is 0.382 e. The Bertz CT molecular complexity index is 620. The van der Waals surface area contributed by atoms with Gasteiger partial charge in [-0.25, -0.2) is 13.8 Å². The highest BCUT2D eigenvalue weighted by molar-refractivity contribution is 5.32. The molecule has 100 valence electrons. The Morgan fingerprint density at radius 1 is 1.37 bits per heavy atom. The standard InChI is InChI=1S/C14H14F2N2O/c1-8-2-5-10(15)12(13(8)16)14(19)11-6-17-7-18(11)9-3-4-9/h2,5-7,9,14,19H,3-4H2,1H3.